The molecule has 4 rings (SSSR count). The summed E-state index contributed by atoms with van der Waals surface area (Å²) >= 11 is 0. The third-order valence-electron chi connectivity index (χ3n) is 7.08. The van der Waals surface area contributed by atoms with E-state index in [2.05, 4.69) is 13.2 Å². The van der Waals surface area contributed by atoms with Crippen molar-refractivity contribution < 1.29 is 38.1 Å². The lowest BCUT2D eigenvalue weighted by Gasteiger charge is -2.09. The van der Waals surface area contributed by atoms with Crippen LogP contribution in [0.15, 0.2) is 97.6 Å². The summed E-state index contributed by atoms with van der Waals surface area (Å²) < 4.78 is 27.1. The topological polar surface area (TPSA) is 97.4 Å². The molecule has 230 valence electrons. The largest absolute Gasteiger partial charge is 0.494 e. The van der Waals surface area contributed by atoms with Gasteiger partial charge in [0.25, 0.3) is 0 Å². The van der Waals surface area contributed by atoms with Crippen molar-refractivity contribution in [2.75, 3.05) is 19.8 Å². The molecule has 44 heavy (non-hydrogen) atoms. The van der Waals surface area contributed by atoms with Gasteiger partial charge in [-0.15, -0.1) is 0 Å². The van der Waals surface area contributed by atoms with Crippen molar-refractivity contribution >= 4 is 17.9 Å². The fraction of sp³-hybridized carbons (Fsp3) is 0.306. The van der Waals surface area contributed by atoms with Crippen molar-refractivity contribution in [2.45, 2.75) is 51.0 Å². The maximum absolute atomic E-state index is 12.6. The van der Waals surface area contributed by atoms with Gasteiger partial charge < -0.3 is 23.7 Å². The van der Waals surface area contributed by atoms with Crippen molar-refractivity contribution in [2.24, 2.45) is 0 Å². The maximum atomic E-state index is 12.6. The van der Waals surface area contributed by atoms with Crippen LogP contribution in [0.3, 0.4) is 0 Å². The second-order valence-electron chi connectivity index (χ2n) is 10.4. The molecule has 8 heteroatoms. The lowest BCUT2D eigenvalue weighted by atomic mass is 10.1. The number of cyclic esters (lactones) is 1. The summed E-state index contributed by atoms with van der Waals surface area (Å²) in [6, 6.07) is 21.7. The zero-order chi connectivity index (χ0) is 31.1. The number of ether oxygens (including phenoxy) is 5. The summed E-state index contributed by atoms with van der Waals surface area (Å²) in [6.07, 6.45) is 7.93. The van der Waals surface area contributed by atoms with Crippen molar-refractivity contribution in [3.63, 3.8) is 0 Å². The first-order valence-corrected chi connectivity index (χ1v) is 14.9. The van der Waals surface area contributed by atoms with Gasteiger partial charge in [0.2, 0.25) is 0 Å². The van der Waals surface area contributed by atoms with E-state index in [1.165, 1.54) is 0 Å². The molecule has 8 nitrogen and oxygen atoms in total. The summed E-state index contributed by atoms with van der Waals surface area (Å²) in [5.41, 5.74) is 2.95. The Labute approximate surface area is 258 Å². The van der Waals surface area contributed by atoms with Gasteiger partial charge in [-0.05, 0) is 78.9 Å². The smallest absolute Gasteiger partial charge is 0.343 e. The molecule has 3 aromatic rings. The third kappa shape index (κ3) is 10.2. The molecule has 3 aromatic carbocycles. The van der Waals surface area contributed by atoms with Gasteiger partial charge in [-0.1, -0.05) is 56.7 Å². The Hall–Kier alpha value is -4.85. The summed E-state index contributed by atoms with van der Waals surface area (Å²) in [7, 11) is 0. The Morgan fingerprint density at radius 3 is 1.93 bits per heavy atom. The van der Waals surface area contributed by atoms with Crippen molar-refractivity contribution in [3.05, 3.63) is 103 Å². The van der Waals surface area contributed by atoms with Crippen molar-refractivity contribution in [1.82, 2.24) is 0 Å². The highest BCUT2D eigenvalue weighted by Crippen LogP contribution is 2.26. The fourth-order valence-electron chi connectivity index (χ4n) is 4.66. The van der Waals surface area contributed by atoms with Crippen LogP contribution in [0.25, 0.3) is 11.1 Å². The summed E-state index contributed by atoms with van der Waals surface area (Å²) in [4.78, 5) is 35.1. The standard InChI is InChI=1S/C36H38O8/c1-3-34(37)42-24-23-41-31-16-10-27(11-17-31)28-12-20-32(21-13-28)43-36(39)29-14-18-30(19-15-29)40-22-8-6-4-5-7-9-33-25-26(2)35(38)44-33/h3,10-21,33H,1-2,4-9,22-25H2. The molecule has 1 aliphatic heterocycles. The van der Waals surface area contributed by atoms with Crippen molar-refractivity contribution in [1.29, 1.82) is 0 Å². The molecule has 1 unspecified atom stereocenters. The molecule has 0 radical (unpaired) electrons. The fourth-order valence-corrected chi connectivity index (χ4v) is 4.66. The summed E-state index contributed by atoms with van der Waals surface area (Å²) in [6.45, 7) is 8.07. The Bertz CT molecular complexity index is 1390. The van der Waals surface area contributed by atoms with Crippen LogP contribution in [0.1, 0.15) is 55.3 Å². The molecule has 0 aliphatic carbocycles. The minimum atomic E-state index is -0.481. The van der Waals surface area contributed by atoms with E-state index in [-0.39, 0.29) is 25.3 Å². The molecule has 1 heterocycles. The number of carbonyl (C=O) groups excluding carboxylic acids is 3. The Kier molecular flexibility index (Phi) is 12.2. The van der Waals surface area contributed by atoms with E-state index in [9.17, 15) is 14.4 Å². The minimum Gasteiger partial charge on any atom is -0.494 e. The van der Waals surface area contributed by atoms with Crippen LogP contribution in [0.2, 0.25) is 0 Å². The molecule has 1 saturated heterocycles. The first-order chi connectivity index (χ1) is 21.4. The Morgan fingerprint density at radius 1 is 0.750 bits per heavy atom. The third-order valence-corrected chi connectivity index (χ3v) is 7.08. The molecule has 1 aliphatic rings. The van der Waals surface area contributed by atoms with E-state index in [0.717, 1.165) is 55.7 Å². The van der Waals surface area contributed by atoms with E-state index in [1.54, 1.807) is 36.4 Å². The molecule has 0 N–H and O–H groups in total. The SMILES string of the molecule is C=CC(=O)OCCOc1ccc(-c2ccc(OC(=O)c3ccc(OCCCCCCCC4CC(=C)C(=O)O4)cc3)cc2)cc1. The number of carbonyl (C=O) groups is 3. The van der Waals surface area contributed by atoms with E-state index in [1.807, 2.05) is 36.4 Å². The van der Waals surface area contributed by atoms with Crippen LogP contribution in [0, 0.1) is 0 Å². The number of rotatable bonds is 17. The average molecular weight is 599 g/mol. The van der Waals surface area contributed by atoms with Gasteiger partial charge in [0, 0.05) is 18.1 Å². The Morgan fingerprint density at radius 2 is 1.32 bits per heavy atom. The van der Waals surface area contributed by atoms with Crippen LogP contribution in [0.4, 0.5) is 0 Å². The first-order valence-electron chi connectivity index (χ1n) is 14.9. The van der Waals surface area contributed by atoms with Crippen molar-refractivity contribution in [3.8, 4) is 28.4 Å². The van der Waals surface area contributed by atoms with E-state index < -0.39 is 11.9 Å². The predicted molar refractivity (Wildman–Crippen MR) is 167 cm³/mol. The summed E-state index contributed by atoms with van der Waals surface area (Å²) in [5.74, 6) is 0.644. The molecular formula is C36H38O8. The van der Waals surface area contributed by atoms with Gasteiger partial charge in [0.05, 0.1) is 12.2 Å². The van der Waals surface area contributed by atoms with E-state index in [0.29, 0.717) is 41.4 Å². The molecule has 0 aromatic heterocycles. The first kappa shape index (κ1) is 32.1. The quantitative estimate of drug-likeness (QED) is 0.0693. The minimum absolute atomic E-state index is 0.00559. The summed E-state index contributed by atoms with van der Waals surface area (Å²) in [5, 5.41) is 0. The number of hydrogen-bond donors (Lipinski definition) is 0. The molecule has 1 atom stereocenters. The number of esters is 3. The lowest BCUT2D eigenvalue weighted by molar-refractivity contribution is -0.139. The molecule has 0 bridgehead atoms. The van der Waals surface area contributed by atoms with Crippen LogP contribution < -0.4 is 14.2 Å². The van der Waals surface area contributed by atoms with Crippen LogP contribution >= 0.6 is 0 Å². The van der Waals surface area contributed by atoms with Crippen LogP contribution in [0.5, 0.6) is 17.2 Å². The zero-order valence-electron chi connectivity index (χ0n) is 24.8. The molecule has 0 spiro atoms. The molecule has 0 amide bonds. The van der Waals surface area contributed by atoms with E-state index >= 15 is 0 Å². The monoisotopic (exact) mass is 598 g/mol. The van der Waals surface area contributed by atoms with Crippen LogP contribution in [-0.4, -0.2) is 43.8 Å². The van der Waals surface area contributed by atoms with Gasteiger partial charge >= 0.3 is 17.9 Å². The van der Waals surface area contributed by atoms with Gasteiger partial charge in [-0.2, -0.15) is 0 Å². The van der Waals surface area contributed by atoms with Gasteiger partial charge in [-0.3, -0.25) is 0 Å². The number of unbranched alkanes of at least 4 members (excludes halogenated alkanes) is 4. The van der Waals surface area contributed by atoms with Gasteiger partial charge in [0.15, 0.2) is 0 Å². The lowest BCUT2D eigenvalue weighted by Crippen LogP contribution is -2.10. The highest BCUT2D eigenvalue weighted by molar-refractivity contribution is 5.91. The van der Waals surface area contributed by atoms with Crippen LogP contribution in [-0.2, 0) is 19.1 Å². The highest BCUT2D eigenvalue weighted by Gasteiger charge is 2.26. The molecule has 0 saturated carbocycles. The normalized spacial score (nSPS) is 14.0. The number of benzene rings is 3. The average Bonchev–Trinajstić information content (AvgIpc) is 3.37. The molecular weight excluding hydrogens is 560 g/mol. The second-order valence-corrected chi connectivity index (χ2v) is 10.4. The zero-order valence-corrected chi connectivity index (χ0v) is 24.8. The number of hydrogen-bond acceptors (Lipinski definition) is 8. The highest BCUT2D eigenvalue weighted by atomic mass is 16.6. The van der Waals surface area contributed by atoms with E-state index in [4.69, 9.17) is 23.7 Å². The van der Waals surface area contributed by atoms with Gasteiger partial charge in [-0.25, -0.2) is 14.4 Å². The van der Waals surface area contributed by atoms with Gasteiger partial charge in [0.1, 0.15) is 36.6 Å². The predicted octanol–water partition coefficient (Wildman–Crippen LogP) is 7.27. The molecule has 1 fully saturated rings. The maximum Gasteiger partial charge on any atom is 0.343 e. The Balaban J connectivity index is 1.11. The second kappa shape index (κ2) is 16.7.